The summed E-state index contributed by atoms with van der Waals surface area (Å²) in [4.78, 5) is 0. The van der Waals surface area contributed by atoms with E-state index in [-0.39, 0.29) is 0 Å². The van der Waals surface area contributed by atoms with E-state index >= 15 is 0 Å². The second-order valence-corrected chi connectivity index (χ2v) is 27.0. The molecule has 0 saturated heterocycles. The lowest BCUT2D eigenvalue weighted by molar-refractivity contribution is -0.396. The van der Waals surface area contributed by atoms with Crippen molar-refractivity contribution in [1.29, 1.82) is 0 Å². The Bertz CT molecular complexity index is 321. The van der Waals surface area contributed by atoms with E-state index in [0.717, 1.165) is 0 Å². The van der Waals surface area contributed by atoms with Crippen molar-refractivity contribution >= 4 is 49.8 Å². The van der Waals surface area contributed by atoms with Crippen LogP contribution in [-0.4, -0.2) is 27.9 Å². The SMILES string of the molecule is FC(F)(F)C(F)(F)C(F)(F)C(F)(F)CC[Si](Br)(Br)Br. The Hall–Kier alpha value is 1.03. The molecule has 13 heteroatoms. The molecule has 0 bridgehead atoms. The highest BCUT2D eigenvalue weighted by Crippen LogP contribution is 2.55. The smallest absolute Gasteiger partial charge is 0.200 e. The van der Waals surface area contributed by atoms with Crippen molar-refractivity contribution in [2.24, 2.45) is 0 Å². The van der Waals surface area contributed by atoms with Crippen LogP contribution in [0.1, 0.15) is 6.42 Å². The van der Waals surface area contributed by atoms with E-state index in [0.29, 0.717) is 0 Å². The molecule has 19 heavy (non-hydrogen) atoms. The standard InChI is InChI=1S/C6H4Br3F9Si/c7-19(8,9)2-1-3(10,11)4(12,13)5(14,15)6(16,17)18/h1-2H2. The van der Waals surface area contributed by atoms with Crippen molar-refractivity contribution in [1.82, 2.24) is 0 Å². The van der Waals surface area contributed by atoms with E-state index in [1.807, 2.05) is 0 Å². The van der Waals surface area contributed by atoms with Gasteiger partial charge < -0.3 is 0 Å². The van der Waals surface area contributed by atoms with Crippen LogP contribution in [0, 0.1) is 0 Å². The van der Waals surface area contributed by atoms with Crippen molar-refractivity contribution < 1.29 is 39.5 Å². The van der Waals surface area contributed by atoms with Gasteiger partial charge >= 0.3 is 23.9 Å². The summed E-state index contributed by atoms with van der Waals surface area (Å²) in [5, 5.41) is 0. The van der Waals surface area contributed by atoms with Crippen molar-refractivity contribution in [3.63, 3.8) is 0 Å². The van der Waals surface area contributed by atoms with Gasteiger partial charge in [-0.2, -0.15) is 39.5 Å². The second kappa shape index (κ2) is 5.67. The van der Waals surface area contributed by atoms with Gasteiger partial charge in [0.25, 0.3) is 3.93 Å². The third-order valence-corrected chi connectivity index (χ3v) is 6.32. The van der Waals surface area contributed by atoms with Gasteiger partial charge in [-0.05, 0) is 6.04 Å². The zero-order valence-corrected chi connectivity index (χ0v) is 14.2. The molecule has 0 aromatic carbocycles. The van der Waals surface area contributed by atoms with Gasteiger partial charge in [0.05, 0.1) is 0 Å². The molecule has 0 aromatic rings. The lowest BCUT2D eigenvalue weighted by Crippen LogP contribution is -2.60. The molecule has 0 aliphatic rings. The zero-order chi connectivity index (χ0) is 15.9. The molecule has 0 fully saturated rings. The van der Waals surface area contributed by atoms with E-state index < -0.39 is 40.3 Å². The Labute approximate surface area is 125 Å². The predicted octanol–water partition coefficient (Wildman–Crippen LogP) is 5.97. The van der Waals surface area contributed by atoms with E-state index in [1.165, 1.54) is 0 Å². The van der Waals surface area contributed by atoms with Crippen LogP contribution in [0.5, 0.6) is 0 Å². The van der Waals surface area contributed by atoms with Crippen LogP contribution in [0.15, 0.2) is 0 Å². The highest BCUT2D eigenvalue weighted by molar-refractivity contribution is 9.72. The summed E-state index contributed by atoms with van der Waals surface area (Å²) in [5.74, 6) is -18.9. The Morgan fingerprint density at radius 3 is 1.32 bits per heavy atom. The summed E-state index contributed by atoms with van der Waals surface area (Å²) in [5.41, 5.74) is 0. The molecule has 0 saturated carbocycles. The number of hydrogen-bond acceptors (Lipinski definition) is 0. The molecular formula is C6H4Br3F9Si. The second-order valence-electron chi connectivity index (χ2n) is 3.47. The van der Waals surface area contributed by atoms with Crippen LogP contribution >= 0.6 is 45.9 Å². The van der Waals surface area contributed by atoms with Gasteiger partial charge in [-0.25, -0.2) is 0 Å². The quantitative estimate of drug-likeness (QED) is 0.241. The maximum absolute atomic E-state index is 13.0. The highest BCUT2D eigenvalue weighted by Gasteiger charge is 2.81. The molecule has 0 aliphatic heterocycles. The summed E-state index contributed by atoms with van der Waals surface area (Å²) in [6, 6.07) is -0.747. The van der Waals surface area contributed by atoms with Gasteiger partial charge in [0.15, 0.2) is 0 Å². The summed E-state index contributed by atoms with van der Waals surface area (Å²) < 4.78 is 109. The molecule has 0 aromatic heterocycles. The predicted molar refractivity (Wildman–Crippen MR) is 62.9 cm³/mol. The molecule has 0 N–H and O–H groups in total. The third-order valence-electron chi connectivity index (χ3n) is 1.93. The molecule has 0 amide bonds. The lowest BCUT2D eigenvalue weighted by Gasteiger charge is -2.34. The topological polar surface area (TPSA) is 0 Å². The van der Waals surface area contributed by atoms with Crippen LogP contribution in [-0.2, 0) is 0 Å². The maximum Gasteiger partial charge on any atom is 0.460 e. The molecule has 0 unspecified atom stereocenters. The summed E-state index contributed by atoms with van der Waals surface area (Å²) >= 11 is 8.32. The van der Waals surface area contributed by atoms with Crippen LogP contribution in [0.4, 0.5) is 39.5 Å². The fourth-order valence-electron chi connectivity index (χ4n) is 0.863. The molecule has 116 valence electrons. The first-order valence-corrected chi connectivity index (χ1v) is 13.2. The van der Waals surface area contributed by atoms with Crippen molar-refractivity contribution in [3.8, 4) is 0 Å². The third kappa shape index (κ3) is 4.50. The largest absolute Gasteiger partial charge is 0.460 e. The van der Waals surface area contributed by atoms with E-state index in [9.17, 15) is 39.5 Å². The van der Waals surface area contributed by atoms with Crippen LogP contribution in [0.3, 0.4) is 0 Å². The number of halogens is 12. The van der Waals surface area contributed by atoms with Gasteiger partial charge in [-0.3, -0.25) is 0 Å². The Morgan fingerprint density at radius 1 is 0.684 bits per heavy atom. The first kappa shape index (κ1) is 20.0. The molecule has 0 nitrogen and oxygen atoms in total. The molecular weight excluding hydrogens is 511 g/mol. The summed E-state index contributed by atoms with van der Waals surface area (Å²) in [6.07, 6.45) is -8.62. The number of rotatable bonds is 5. The number of alkyl halides is 9. The average Bonchev–Trinajstić information content (AvgIpc) is 2.11. The van der Waals surface area contributed by atoms with E-state index in [1.54, 1.807) is 0 Å². The Kier molecular flexibility index (Phi) is 5.97. The normalized spacial score (nSPS) is 15.8. The van der Waals surface area contributed by atoms with Crippen LogP contribution in [0.2, 0.25) is 6.04 Å². The number of hydrogen-bond donors (Lipinski definition) is 0. The maximum atomic E-state index is 13.0. The monoisotopic (exact) mass is 512 g/mol. The molecule has 0 aliphatic carbocycles. The van der Waals surface area contributed by atoms with Crippen molar-refractivity contribution in [3.05, 3.63) is 0 Å². The van der Waals surface area contributed by atoms with E-state index in [2.05, 4.69) is 45.9 Å². The average molecular weight is 515 g/mol. The fraction of sp³-hybridized carbons (Fsp3) is 1.00. The fourth-order valence-corrected chi connectivity index (χ4v) is 3.25. The van der Waals surface area contributed by atoms with Crippen molar-refractivity contribution in [2.45, 2.75) is 36.4 Å². The van der Waals surface area contributed by atoms with Gasteiger partial charge in [0.2, 0.25) is 0 Å². The zero-order valence-electron chi connectivity index (χ0n) is 8.45. The molecule has 0 atom stereocenters. The molecule has 0 heterocycles. The minimum Gasteiger partial charge on any atom is -0.200 e. The van der Waals surface area contributed by atoms with Crippen molar-refractivity contribution in [2.75, 3.05) is 0 Å². The van der Waals surface area contributed by atoms with Gasteiger partial charge in [0.1, 0.15) is 0 Å². The summed E-state index contributed by atoms with van der Waals surface area (Å²) in [7, 11) is 0. The minimum absolute atomic E-state index is 0.747. The Balaban J connectivity index is 5.28. The minimum atomic E-state index is -6.82. The Morgan fingerprint density at radius 2 is 1.05 bits per heavy atom. The highest BCUT2D eigenvalue weighted by atomic mass is 80.0. The van der Waals surface area contributed by atoms with Gasteiger partial charge in [-0.1, -0.05) is 45.9 Å². The van der Waals surface area contributed by atoms with E-state index in [4.69, 9.17) is 0 Å². The van der Waals surface area contributed by atoms with Crippen LogP contribution in [0.25, 0.3) is 0 Å². The van der Waals surface area contributed by atoms with Crippen LogP contribution < -0.4 is 0 Å². The molecule has 0 spiro atoms. The van der Waals surface area contributed by atoms with Gasteiger partial charge in [0, 0.05) is 6.42 Å². The summed E-state index contributed by atoms with van der Waals surface area (Å²) in [6.45, 7) is 0. The first-order valence-electron chi connectivity index (χ1n) is 4.22. The molecule has 0 rings (SSSR count). The first-order chi connectivity index (χ1) is 7.96. The lowest BCUT2D eigenvalue weighted by atomic mass is 10.0. The van der Waals surface area contributed by atoms with Gasteiger partial charge in [-0.15, -0.1) is 0 Å². The molecule has 0 radical (unpaired) electrons.